The van der Waals surface area contributed by atoms with Gasteiger partial charge in [-0.2, -0.15) is 0 Å². The van der Waals surface area contributed by atoms with E-state index in [1.54, 1.807) is 18.4 Å². The van der Waals surface area contributed by atoms with Crippen LogP contribution in [-0.4, -0.2) is 23.4 Å². The van der Waals surface area contributed by atoms with Gasteiger partial charge in [-0.1, -0.05) is 30.4 Å². The number of benzene rings is 2. The smallest absolute Gasteiger partial charge is 0.269 e. The minimum Gasteiger partial charge on any atom is -0.464 e. The van der Waals surface area contributed by atoms with Gasteiger partial charge in [-0.3, -0.25) is 15.0 Å². The Morgan fingerprint density at radius 1 is 1.17 bits per heavy atom. The zero-order valence-corrected chi connectivity index (χ0v) is 13.4. The lowest BCUT2D eigenvalue weighted by atomic mass is 10.1. The highest BCUT2D eigenvalue weighted by Gasteiger charge is 2.07. The third-order valence-corrected chi connectivity index (χ3v) is 3.83. The summed E-state index contributed by atoms with van der Waals surface area (Å²) >= 11 is 0. The SMILES string of the molecule is CN(CC=Cc1ccc([N+](=O)[O-])cc1)Cc1coc2ccccc12. The number of nitrogens with zero attached hydrogens (tertiary/aromatic N) is 2. The minimum absolute atomic E-state index is 0.108. The number of likely N-dealkylation sites (N-methyl/N-ethyl adjacent to an activating group) is 1. The van der Waals surface area contributed by atoms with Gasteiger partial charge in [0.05, 0.1) is 11.2 Å². The highest BCUT2D eigenvalue weighted by Crippen LogP contribution is 2.21. The van der Waals surface area contributed by atoms with Crippen LogP contribution >= 0.6 is 0 Å². The van der Waals surface area contributed by atoms with Crippen molar-refractivity contribution in [2.24, 2.45) is 0 Å². The summed E-state index contributed by atoms with van der Waals surface area (Å²) in [5.41, 5.74) is 3.12. The normalized spacial score (nSPS) is 11.6. The van der Waals surface area contributed by atoms with Crippen LogP contribution < -0.4 is 0 Å². The van der Waals surface area contributed by atoms with E-state index in [0.29, 0.717) is 0 Å². The van der Waals surface area contributed by atoms with E-state index in [1.807, 2.05) is 37.4 Å². The highest BCUT2D eigenvalue weighted by atomic mass is 16.6. The number of furan rings is 1. The Hall–Kier alpha value is -2.92. The molecule has 0 radical (unpaired) electrons. The van der Waals surface area contributed by atoms with Crippen LogP contribution in [0.1, 0.15) is 11.1 Å². The fourth-order valence-corrected chi connectivity index (χ4v) is 2.59. The number of non-ortho nitro benzene ring substituents is 1. The maximum Gasteiger partial charge on any atom is 0.269 e. The molecule has 0 saturated carbocycles. The summed E-state index contributed by atoms with van der Waals surface area (Å²) in [5.74, 6) is 0. The van der Waals surface area contributed by atoms with Crippen LogP contribution in [-0.2, 0) is 6.54 Å². The van der Waals surface area contributed by atoms with Gasteiger partial charge in [0.1, 0.15) is 5.58 Å². The van der Waals surface area contributed by atoms with Gasteiger partial charge in [0.25, 0.3) is 5.69 Å². The van der Waals surface area contributed by atoms with Crippen molar-refractivity contribution < 1.29 is 9.34 Å². The van der Waals surface area contributed by atoms with E-state index in [1.165, 1.54) is 12.1 Å². The summed E-state index contributed by atoms with van der Waals surface area (Å²) in [6.45, 7) is 1.57. The van der Waals surface area contributed by atoms with Gasteiger partial charge in [0.15, 0.2) is 0 Å². The Morgan fingerprint density at radius 2 is 1.92 bits per heavy atom. The van der Waals surface area contributed by atoms with Crippen LogP contribution in [0.15, 0.2) is 65.3 Å². The Balaban J connectivity index is 1.59. The van der Waals surface area contributed by atoms with Crippen molar-refractivity contribution >= 4 is 22.7 Å². The molecule has 2 aromatic carbocycles. The number of hydrogen-bond donors (Lipinski definition) is 0. The number of fused-ring (bicyclic) bond motifs is 1. The van der Waals surface area contributed by atoms with Crippen LogP contribution in [0.4, 0.5) is 5.69 Å². The average molecular weight is 322 g/mol. The van der Waals surface area contributed by atoms with E-state index < -0.39 is 4.92 Å². The second-order valence-corrected chi connectivity index (χ2v) is 5.70. The predicted octanol–water partition coefficient (Wildman–Crippen LogP) is 4.49. The number of nitro benzene ring substituents is 1. The molecule has 0 amide bonds. The van der Waals surface area contributed by atoms with Gasteiger partial charge in [0, 0.05) is 36.2 Å². The van der Waals surface area contributed by atoms with Crippen LogP contribution in [0.25, 0.3) is 17.0 Å². The quantitative estimate of drug-likeness (QED) is 0.496. The molecule has 0 bridgehead atoms. The summed E-state index contributed by atoms with van der Waals surface area (Å²) in [4.78, 5) is 12.4. The summed E-state index contributed by atoms with van der Waals surface area (Å²) in [6, 6.07) is 14.5. The third-order valence-electron chi connectivity index (χ3n) is 3.83. The molecule has 0 N–H and O–H groups in total. The highest BCUT2D eigenvalue weighted by molar-refractivity contribution is 5.80. The summed E-state index contributed by atoms with van der Waals surface area (Å²) in [5, 5.41) is 11.8. The first kappa shape index (κ1) is 16.0. The molecule has 0 aliphatic rings. The van der Waals surface area contributed by atoms with Gasteiger partial charge in [-0.25, -0.2) is 0 Å². The lowest BCUT2D eigenvalue weighted by Crippen LogP contribution is -2.17. The average Bonchev–Trinajstić information content (AvgIpc) is 2.98. The molecular weight excluding hydrogens is 304 g/mol. The molecule has 5 nitrogen and oxygen atoms in total. The Bertz CT molecular complexity index is 866. The van der Waals surface area contributed by atoms with E-state index >= 15 is 0 Å². The van der Waals surface area contributed by atoms with Crippen LogP contribution in [0.3, 0.4) is 0 Å². The third kappa shape index (κ3) is 3.70. The summed E-state index contributed by atoms with van der Waals surface area (Å²) in [7, 11) is 2.04. The van der Waals surface area contributed by atoms with Crippen molar-refractivity contribution in [1.82, 2.24) is 4.90 Å². The molecule has 1 heterocycles. The van der Waals surface area contributed by atoms with Gasteiger partial charge >= 0.3 is 0 Å². The van der Waals surface area contributed by atoms with Gasteiger partial charge < -0.3 is 4.42 Å². The number of nitro groups is 1. The maximum absolute atomic E-state index is 10.6. The topological polar surface area (TPSA) is 59.5 Å². The van der Waals surface area contributed by atoms with Crippen molar-refractivity contribution in [3.05, 3.63) is 82.1 Å². The minimum atomic E-state index is -0.392. The monoisotopic (exact) mass is 322 g/mol. The lowest BCUT2D eigenvalue weighted by Gasteiger charge is -2.13. The van der Waals surface area contributed by atoms with Crippen molar-refractivity contribution in [3.63, 3.8) is 0 Å². The van der Waals surface area contributed by atoms with E-state index in [4.69, 9.17) is 4.42 Å². The first-order valence-electron chi connectivity index (χ1n) is 7.68. The Kier molecular flexibility index (Phi) is 4.72. The Labute approximate surface area is 140 Å². The van der Waals surface area contributed by atoms with Crippen LogP contribution in [0.5, 0.6) is 0 Å². The number of hydrogen-bond acceptors (Lipinski definition) is 4. The van der Waals surface area contributed by atoms with Crippen LogP contribution in [0, 0.1) is 10.1 Å². The van der Waals surface area contributed by atoms with E-state index in [2.05, 4.69) is 11.0 Å². The summed E-state index contributed by atoms with van der Waals surface area (Å²) in [6.07, 6.45) is 5.82. The van der Waals surface area contributed by atoms with Gasteiger partial charge in [-0.05, 0) is 30.8 Å². The first-order valence-corrected chi connectivity index (χ1v) is 7.68. The zero-order chi connectivity index (χ0) is 16.9. The predicted molar refractivity (Wildman–Crippen MR) is 94.7 cm³/mol. The molecule has 0 aliphatic carbocycles. The van der Waals surface area contributed by atoms with Crippen LogP contribution in [0.2, 0.25) is 0 Å². The molecular formula is C19H18N2O3. The molecule has 0 aliphatic heterocycles. The van der Waals surface area contributed by atoms with E-state index in [9.17, 15) is 10.1 Å². The fraction of sp³-hybridized carbons (Fsp3) is 0.158. The van der Waals surface area contributed by atoms with Crippen molar-refractivity contribution in [3.8, 4) is 0 Å². The second-order valence-electron chi connectivity index (χ2n) is 5.70. The zero-order valence-electron chi connectivity index (χ0n) is 13.4. The number of para-hydroxylation sites is 1. The standard InChI is InChI=1S/C19H18N2O3/c1-20(13-16-14-24-19-7-3-2-6-18(16)19)12-4-5-15-8-10-17(11-9-15)21(22)23/h2-11,14H,12-13H2,1H3. The van der Waals surface area contributed by atoms with Gasteiger partial charge in [-0.15, -0.1) is 0 Å². The molecule has 0 fully saturated rings. The first-order chi connectivity index (χ1) is 11.6. The molecule has 0 spiro atoms. The second kappa shape index (κ2) is 7.10. The van der Waals surface area contributed by atoms with Crippen molar-refractivity contribution in [2.75, 3.05) is 13.6 Å². The molecule has 1 aromatic heterocycles. The molecule has 122 valence electrons. The Morgan fingerprint density at radius 3 is 2.67 bits per heavy atom. The molecule has 3 aromatic rings. The number of rotatable bonds is 6. The van der Waals surface area contributed by atoms with Crippen molar-refractivity contribution in [2.45, 2.75) is 6.54 Å². The fourth-order valence-electron chi connectivity index (χ4n) is 2.59. The molecule has 24 heavy (non-hydrogen) atoms. The molecule has 0 unspecified atom stereocenters. The summed E-state index contributed by atoms with van der Waals surface area (Å²) < 4.78 is 5.55. The lowest BCUT2D eigenvalue weighted by molar-refractivity contribution is -0.384. The molecule has 3 rings (SSSR count). The molecule has 5 heteroatoms. The van der Waals surface area contributed by atoms with Crippen molar-refractivity contribution in [1.29, 1.82) is 0 Å². The van der Waals surface area contributed by atoms with E-state index in [0.717, 1.165) is 35.2 Å². The van der Waals surface area contributed by atoms with Gasteiger partial charge in [0.2, 0.25) is 0 Å². The van der Waals surface area contributed by atoms with E-state index in [-0.39, 0.29) is 5.69 Å². The molecule has 0 atom stereocenters. The largest absolute Gasteiger partial charge is 0.464 e. The molecule has 0 saturated heterocycles. The maximum atomic E-state index is 10.6.